The molecule has 0 spiro atoms. The number of fused-ring (bicyclic) bond motifs is 2. The number of hydrogen-bond acceptors (Lipinski definition) is 8. The van der Waals surface area contributed by atoms with E-state index < -0.39 is 31.1 Å². The molecule has 3 aliphatic rings. The standard InChI is InChI=1S/C43H60N4O7S2/c1-42(2)35-29-33(55(49,50)51)22-24-37(35)46(7)39(42)19-10-8-11-20-40-43(3,4)36-30-34(56(52,53)54)23-25-38(36)47(40)28-15-9-12-21-41(48)45(6)27-16-26-44(5)31-32-17-13-14-18-32/h8,10-11,19-20,22-25,29-30,32H,9,12-18,21,26-28,31H2,1-7H3,(H-,49,50,51,52,53,54). The Balaban J connectivity index is 1.22. The molecular formula is C43H60N4O7S2. The van der Waals surface area contributed by atoms with E-state index in [4.69, 9.17) is 0 Å². The molecule has 2 heterocycles. The van der Waals surface area contributed by atoms with E-state index in [-0.39, 0.29) is 15.7 Å². The molecular weight excluding hydrogens is 749 g/mol. The van der Waals surface area contributed by atoms with Crippen LogP contribution in [-0.4, -0.2) is 99.3 Å². The van der Waals surface area contributed by atoms with Crippen LogP contribution >= 0.6 is 0 Å². The maximum Gasteiger partial charge on any atom is 0.294 e. The minimum absolute atomic E-state index is 0.140. The zero-order valence-corrected chi connectivity index (χ0v) is 35.8. The van der Waals surface area contributed by atoms with Gasteiger partial charge in [-0.15, -0.1) is 0 Å². The number of rotatable bonds is 17. The van der Waals surface area contributed by atoms with Crippen molar-refractivity contribution in [1.82, 2.24) is 9.80 Å². The number of unbranched alkanes of at least 4 members (excludes halogenated alkanes) is 2. The summed E-state index contributed by atoms with van der Waals surface area (Å²) >= 11 is 0. The molecule has 1 aliphatic carbocycles. The first-order valence-corrected chi connectivity index (χ1v) is 22.7. The molecule has 1 amide bonds. The van der Waals surface area contributed by atoms with E-state index >= 15 is 0 Å². The van der Waals surface area contributed by atoms with Gasteiger partial charge in [0.25, 0.3) is 10.1 Å². The SMILES string of the molecule is CN(CCCN(C)C(=O)CCCCCN1/C(=C/C=C/C=C/C2=[N+](C)c3ccc(S(=O)(=O)O)cc3C2(C)C)C(C)(C)c2cc(S(=O)(=O)[O-])ccc21)CC1CCCC1. The Bertz CT molecular complexity index is 2130. The predicted molar refractivity (Wildman–Crippen MR) is 221 cm³/mol. The van der Waals surface area contributed by atoms with Gasteiger partial charge in [-0.25, -0.2) is 8.42 Å². The van der Waals surface area contributed by atoms with E-state index in [0.29, 0.717) is 13.0 Å². The fourth-order valence-electron chi connectivity index (χ4n) is 8.73. The number of nitrogens with zero attached hydrogens (tertiary/aromatic N) is 4. The van der Waals surface area contributed by atoms with Crippen molar-refractivity contribution in [3.05, 3.63) is 83.6 Å². The Morgan fingerprint density at radius 1 is 0.893 bits per heavy atom. The maximum atomic E-state index is 12.9. The molecule has 1 N–H and O–H groups in total. The van der Waals surface area contributed by atoms with Gasteiger partial charge in [-0.05, 0) is 107 Å². The molecule has 5 rings (SSSR count). The zero-order valence-electron chi connectivity index (χ0n) is 34.1. The summed E-state index contributed by atoms with van der Waals surface area (Å²) in [5, 5.41) is 0. The first kappa shape index (κ1) is 43.5. The number of carbonyl (C=O) groups excluding carboxylic acids is 1. The summed E-state index contributed by atoms with van der Waals surface area (Å²) in [7, 11) is -2.98. The summed E-state index contributed by atoms with van der Waals surface area (Å²) in [4.78, 5) is 19.0. The van der Waals surface area contributed by atoms with Crippen LogP contribution in [0.2, 0.25) is 0 Å². The van der Waals surface area contributed by atoms with Crippen molar-refractivity contribution in [3.8, 4) is 0 Å². The average molecular weight is 809 g/mol. The number of hydrogen-bond donors (Lipinski definition) is 1. The van der Waals surface area contributed by atoms with Crippen molar-refractivity contribution in [2.75, 3.05) is 52.2 Å². The van der Waals surface area contributed by atoms with Crippen LogP contribution < -0.4 is 4.90 Å². The van der Waals surface area contributed by atoms with Crippen LogP contribution in [0.5, 0.6) is 0 Å². The van der Waals surface area contributed by atoms with Crippen molar-refractivity contribution < 1.29 is 35.3 Å². The summed E-state index contributed by atoms with van der Waals surface area (Å²) in [5.74, 6) is 0.988. The average Bonchev–Trinajstić information content (AvgIpc) is 3.76. The highest BCUT2D eigenvalue weighted by Gasteiger charge is 2.44. The first-order valence-electron chi connectivity index (χ1n) is 19.8. The van der Waals surface area contributed by atoms with E-state index in [2.05, 4.69) is 16.8 Å². The summed E-state index contributed by atoms with van der Waals surface area (Å²) < 4.78 is 71.2. The number of allylic oxidation sites excluding steroid dienone is 6. The van der Waals surface area contributed by atoms with Crippen LogP contribution in [0.3, 0.4) is 0 Å². The number of amides is 1. The second-order valence-corrected chi connectivity index (χ2v) is 19.6. The van der Waals surface area contributed by atoms with Crippen LogP contribution in [0.1, 0.15) is 96.6 Å². The minimum atomic E-state index is -4.64. The van der Waals surface area contributed by atoms with Crippen molar-refractivity contribution >= 4 is 43.2 Å². The molecule has 306 valence electrons. The lowest BCUT2D eigenvalue weighted by Gasteiger charge is -2.27. The monoisotopic (exact) mass is 808 g/mol. The Morgan fingerprint density at radius 3 is 2.25 bits per heavy atom. The Kier molecular flexibility index (Phi) is 13.6. The van der Waals surface area contributed by atoms with Crippen molar-refractivity contribution in [3.63, 3.8) is 0 Å². The lowest BCUT2D eigenvalue weighted by atomic mass is 9.81. The van der Waals surface area contributed by atoms with Crippen molar-refractivity contribution in [2.24, 2.45) is 5.92 Å². The summed E-state index contributed by atoms with van der Waals surface area (Å²) in [6.45, 7) is 11.6. The van der Waals surface area contributed by atoms with Crippen LogP contribution in [0.25, 0.3) is 0 Å². The van der Waals surface area contributed by atoms with Gasteiger partial charge in [0.1, 0.15) is 17.2 Å². The van der Waals surface area contributed by atoms with E-state index in [0.717, 1.165) is 85.1 Å². The highest BCUT2D eigenvalue weighted by molar-refractivity contribution is 7.86. The first-order chi connectivity index (χ1) is 26.2. The molecule has 0 saturated heterocycles. The third kappa shape index (κ3) is 9.90. The van der Waals surface area contributed by atoms with Gasteiger partial charge in [0.2, 0.25) is 11.6 Å². The number of benzene rings is 2. The molecule has 1 fully saturated rings. The van der Waals surface area contributed by atoms with Gasteiger partial charge in [-0.3, -0.25) is 9.35 Å². The third-order valence-electron chi connectivity index (χ3n) is 12.0. The second-order valence-electron chi connectivity index (χ2n) is 16.8. The van der Waals surface area contributed by atoms with Crippen molar-refractivity contribution in [2.45, 2.75) is 106 Å². The lowest BCUT2D eigenvalue weighted by Crippen LogP contribution is -2.31. The topological polar surface area (TPSA) is 141 Å². The largest absolute Gasteiger partial charge is 0.744 e. The van der Waals surface area contributed by atoms with E-state index in [9.17, 15) is 30.7 Å². The summed E-state index contributed by atoms with van der Waals surface area (Å²) in [6.07, 6.45) is 19.1. The van der Waals surface area contributed by atoms with Gasteiger partial charge in [0.05, 0.1) is 15.2 Å². The van der Waals surface area contributed by atoms with Gasteiger partial charge < -0.3 is 19.3 Å². The van der Waals surface area contributed by atoms with Gasteiger partial charge in [-0.1, -0.05) is 51.3 Å². The van der Waals surface area contributed by atoms with Gasteiger partial charge in [0.15, 0.2) is 5.71 Å². The van der Waals surface area contributed by atoms with Crippen LogP contribution in [0, 0.1) is 5.92 Å². The molecule has 2 aliphatic heterocycles. The molecule has 0 bridgehead atoms. The Hall–Kier alpha value is -3.62. The minimum Gasteiger partial charge on any atom is -0.744 e. The molecule has 0 unspecified atom stereocenters. The highest BCUT2D eigenvalue weighted by Crippen LogP contribution is 2.48. The van der Waals surface area contributed by atoms with E-state index in [1.165, 1.54) is 49.9 Å². The van der Waals surface area contributed by atoms with Gasteiger partial charge in [-0.2, -0.15) is 13.0 Å². The fraction of sp³-hybridized carbons (Fsp3) is 0.535. The predicted octanol–water partition coefficient (Wildman–Crippen LogP) is 7.17. The molecule has 2 aromatic rings. The number of carbonyl (C=O) groups is 1. The molecule has 0 radical (unpaired) electrons. The van der Waals surface area contributed by atoms with E-state index in [1.54, 1.807) is 12.1 Å². The van der Waals surface area contributed by atoms with Crippen LogP contribution in [-0.2, 0) is 35.9 Å². The smallest absolute Gasteiger partial charge is 0.294 e. The quantitative estimate of drug-likeness (QED) is 0.0763. The zero-order chi connectivity index (χ0) is 41.1. The van der Waals surface area contributed by atoms with Crippen LogP contribution in [0.4, 0.5) is 11.4 Å². The molecule has 11 nitrogen and oxygen atoms in total. The summed E-state index contributed by atoms with van der Waals surface area (Å²) in [6, 6.07) is 9.22. The summed E-state index contributed by atoms with van der Waals surface area (Å²) in [5.41, 5.74) is 4.07. The maximum absolute atomic E-state index is 12.9. The van der Waals surface area contributed by atoms with Crippen LogP contribution in [0.15, 0.2) is 82.3 Å². The van der Waals surface area contributed by atoms with Gasteiger partial charge in [0, 0.05) is 67.6 Å². The molecule has 13 heteroatoms. The molecule has 0 aromatic heterocycles. The van der Waals surface area contributed by atoms with E-state index in [1.807, 2.05) is 81.6 Å². The molecule has 56 heavy (non-hydrogen) atoms. The molecule has 0 atom stereocenters. The van der Waals surface area contributed by atoms with Gasteiger partial charge >= 0.3 is 0 Å². The number of anilines is 1. The fourth-order valence-corrected chi connectivity index (χ4v) is 9.73. The Labute approximate surface area is 335 Å². The second kappa shape index (κ2) is 17.5. The molecule has 2 aromatic carbocycles. The highest BCUT2D eigenvalue weighted by atomic mass is 32.2. The third-order valence-corrected chi connectivity index (χ3v) is 13.6. The normalized spacial score (nSPS) is 19.0. The molecule has 1 saturated carbocycles. The Morgan fingerprint density at radius 2 is 1.57 bits per heavy atom. The lowest BCUT2D eigenvalue weighted by molar-refractivity contribution is -0.401. The van der Waals surface area contributed by atoms with Crippen molar-refractivity contribution in [1.29, 1.82) is 0 Å².